The van der Waals surface area contributed by atoms with Gasteiger partial charge in [0.2, 0.25) is 0 Å². The molecule has 0 fully saturated rings. The first-order valence-corrected chi connectivity index (χ1v) is 5.19. The molecular formula is C14H14O. The van der Waals surface area contributed by atoms with E-state index in [0.717, 1.165) is 18.3 Å². The van der Waals surface area contributed by atoms with Crippen molar-refractivity contribution in [3.8, 4) is 0 Å². The Morgan fingerprint density at radius 3 is 2.53 bits per heavy atom. The first kappa shape index (κ1) is 9.91. The molecular weight excluding hydrogens is 184 g/mol. The minimum Gasteiger partial charge on any atom is -0.298 e. The predicted molar refractivity (Wildman–Crippen MR) is 61.8 cm³/mol. The van der Waals surface area contributed by atoms with Gasteiger partial charge in [-0.05, 0) is 18.9 Å². The first-order valence-electron chi connectivity index (χ1n) is 5.19. The number of carbonyl (C=O) groups excluding carboxylic acids is 1. The Labute approximate surface area is 90.1 Å². The summed E-state index contributed by atoms with van der Waals surface area (Å²) in [6.07, 6.45) is 7.84. The molecule has 1 unspecified atom stereocenters. The average molecular weight is 198 g/mol. The normalized spacial score (nSPS) is 19.8. The maximum Gasteiger partial charge on any atom is 0.149 e. The van der Waals surface area contributed by atoms with Gasteiger partial charge in [-0.1, -0.05) is 48.1 Å². The van der Waals surface area contributed by atoms with E-state index in [1.54, 1.807) is 0 Å². The Morgan fingerprint density at radius 2 is 2.00 bits per heavy atom. The highest BCUT2D eigenvalue weighted by molar-refractivity contribution is 5.78. The molecule has 0 radical (unpaired) electrons. The van der Waals surface area contributed by atoms with Crippen LogP contribution in [0.25, 0.3) is 0 Å². The lowest BCUT2D eigenvalue weighted by atomic mass is 9.90. The summed E-state index contributed by atoms with van der Waals surface area (Å²) < 4.78 is 0. The van der Waals surface area contributed by atoms with Crippen LogP contribution in [0.4, 0.5) is 0 Å². The van der Waals surface area contributed by atoms with E-state index in [0.29, 0.717) is 5.92 Å². The third-order valence-corrected chi connectivity index (χ3v) is 2.77. The molecule has 0 bridgehead atoms. The molecule has 0 aliphatic heterocycles. The highest BCUT2D eigenvalue weighted by Crippen LogP contribution is 2.26. The van der Waals surface area contributed by atoms with E-state index in [4.69, 9.17) is 0 Å². The van der Waals surface area contributed by atoms with Gasteiger partial charge in [0.15, 0.2) is 0 Å². The number of benzene rings is 1. The number of rotatable bonds is 2. The molecule has 0 saturated heterocycles. The maximum absolute atomic E-state index is 10.5. The van der Waals surface area contributed by atoms with Crippen molar-refractivity contribution in [2.24, 2.45) is 0 Å². The molecule has 0 aromatic heterocycles. The molecule has 1 aliphatic carbocycles. The largest absolute Gasteiger partial charge is 0.298 e. The summed E-state index contributed by atoms with van der Waals surface area (Å²) in [5, 5.41) is 0. The third kappa shape index (κ3) is 2.24. The molecule has 1 atom stereocenters. The van der Waals surface area contributed by atoms with Crippen LogP contribution in [0.5, 0.6) is 0 Å². The van der Waals surface area contributed by atoms with Gasteiger partial charge in [0.05, 0.1) is 0 Å². The van der Waals surface area contributed by atoms with E-state index < -0.39 is 0 Å². The summed E-state index contributed by atoms with van der Waals surface area (Å²) in [6.45, 7) is 2.09. The molecule has 0 saturated carbocycles. The number of aryl methyl sites for hydroxylation is 1. The van der Waals surface area contributed by atoms with Gasteiger partial charge in [0.1, 0.15) is 6.29 Å². The van der Waals surface area contributed by atoms with Crippen LogP contribution in [0.1, 0.15) is 23.5 Å². The van der Waals surface area contributed by atoms with Crippen molar-refractivity contribution in [2.75, 3.05) is 0 Å². The van der Waals surface area contributed by atoms with Crippen LogP contribution in [-0.4, -0.2) is 6.29 Å². The summed E-state index contributed by atoms with van der Waals surface area (Å²) in [5.74, 6) is 0.425. The fraction of sp³-hybridized carbons (Fsp3) is 0.214. The van der Waals surface area contributed by atoms with Gasteiger partial charge in [-0.25, -0.2) is 0 Å². The summed E-state index contributed by atoms with van der Waals surface area (Å²) in [6, 6.07) is 8.57. The molecule has 1 aliphatic rings. The van der Waals surface area contributed by atoms with Crippen LogP contribution in [0.3, 0.4) is 0 Å². The van der Waals surface area contributed by atoms with Crippen molar-refractivity contribution in [1.29, 1.82) is 0 Å². The Bertz CT molecular complexity index is 409. The lowest BCUT2D eigenvalue weighted by Crippen LogP contribution is -1.99. The van der Waals surface area contributed by atoms with Gasteiger partial charge >= 0.3 is 0 Å². The number of hydrogen-bond acceptors (Lipinski definition) is 1. The fourth-order valence-corrected chi connectivity index (χ4v) is 1.79. The quantitative estimate of drug-likeness (QED) is 0.667. The fourth-order valence-electron chi connectivity index (χ4n) is 1.79. The Hall–Kier alpha value is -1.63. The summed E-state index contributed by atoms with van der Waals surface area (Å²) in [7, 11) is 0. The van der Waals surface area contributed by atoms with Gasteiger partial charge < -0.3 is 0 Å². The van der Waals surface area contributed by atoms with E-state index in [2.05, 4.69) is 37.3 Å². The van der Waals surface area contributed by atoms with Crippen LogP contribution >= 0.6 is 0 Å². The zero-order valence-electron chi connectivity index (χ0n) is 8.81. The van der Waals surface area contributed by atoms with Gasteiger partial charge in [0.25, 0.3) is 0 Å². The molecule has 1 heteroatoms. The van der Waals surface area contributed by atoms with Crippen molar-refractivity contribution in [3.05, 3.63) is 59.2 Å². The van der Waals surface area contributed by atoms with Gasteiger partial charge in [0, 0.05) is 11.5 Å². The van der Waals surface area contributed by atoms with E-state index in [9.17, 15) is 4.79 Å². The van der Waals surface area contributed by atoms with Crippen LogP contribution in [0.2, 0.25) is 0 Å². The van der Waals surface area contributed by atoms with Crippen LogP contribution in [0.15, 0.2) is 48.1 Å². The Morgan fingerprint density at radius 1 is 1.27 bits per heavy atom. The van der Waals surface area contributed by atoms with Crippen molar-refractivity contribution in [1.82, 2.24) is 0 Å². The van der Waals surface area contributed by atoms with Gasteiger partial charge in [-0.2, -0.15) is 0 Å². The van der Waals surface area contributed by atoms with Crippen molar-refractivity contribution < 1.29 is 4.79 Å². The van der Waals surface area contributed by atoms with Crippen LogP contribution < -0.4 is 0 Å². The second kappa shape index (κ2) is 4.26. The summed E-state index contributed by atoms with van der Waals surface area (Å²) in [5.41, 5.74) is 3.39. The molecule has 76 valence electrons. The number of hydrogen-bond donors (Lipinski definition) is 0. The zero-order chi connectivity index (χ0) is 10.7. The summed E-state index contributed by atoms with van der Waals surface area (Å²) in [4.78, 5) is 10.5. The maximum atomic E-state index is 10.5. The lowest BCUT2D eigenvalue weighted by Gasteiger charge is -2.14. The number of aldehydes is 1. The predicted octanol–water partition coefficient (Wildman–Crippen LogP) is 3.16. The van der Waals surface area contributed by atoms with Crippen LogP contribution in [0, 0.1) is 6.92 Å². The van der Waals surface area contributed by atoms with Crippen molar-refractivity contribution in [2.45, 2.75) is 19.3 Å². The van der Waals surface area contributed by atoms with E-state index in [-0.39, 0.29) is 0 Å². The molecule has 0 N–H and O–H groups in total. The molecule has 1 nitrogen and oxygen atoms in total. The monoisotopic (exact) mass is 198 g/mol. The molecule has 15 heavy (non-hydrogen) atoms. The number of allylic oxidation sites excluding steroid dienone is 4. The topological polar surface area (TPSA) is 17.1 Å². The Kier molecular flexibility index (Phi) is 2.82. The second-order valence-electron chi connectivity index (χ2n) is 3.93. The standard InChI is InChI=1S/C14H14O/c1-11-2-6-13(7-3-11)14-8-4-12(10-15)5-9-14/h2-8,10,14H,9H2,1H3. The van der Waals surface area contributed by atoms with E-state index >= 15 is 0 Å². The summed E-state index contributed by atoms with van der Waals surface area (Å²) >= 11 is 0. The molecule has 1 aromatic carbocycles. The van der Waals surface area contributed by atoms with Gasteiger partial charge in [-0.15, -0.1) is 0 Å². The molecule has 0 heterocycles. The first-order chi connectivity index (χ1) is 7.29. The minimum atomic E-state index is 0.425. The number of carbonyl (C=O) groups is 1. The SMILES string of the molecule is Cc1ccc(C2C=CC(C=O)=CC2)cc1. The van der Waals surface area contributed by atoms with E-state index in [1.807, 2.05) is 12.2 Å². The highest BCUT2D eigenvalue weighted by Gasteiger charge is 2.10. The molecule has 1 aromatic rings. The molecule has 0 spiro atoms. The highest BCUT2D eigenvalue weighted by atomic mass is 16.1. The minimum absolute atomic E-state index is 0.425. The Balaban J connectivity index is 2.15. The molecule has 2 rings (SSSR count). The lowest BCUT2D eigenvalue weighted by molar-refractivity contribution is -0.104. The van der Waals surface area contributed by atoms with Crippen LogP contribution in [-0.2, 0) is 4.79 Å². The average Bonchev–Trinajstić information content (AvgIpc) is 2.30. The third-order valence-electron chi connectivity index (χ3n) is 2.77. The molecule has 0 amide bonds. The van der Waals surface area contributed by atoms with Gasteiger partial charge in [-0.3, -0.25) is 4.79 Å². The van der Waals surface area contributed by atoms with Crippen molar-refractivity contribution >= 4 is 6.29 Å². The smallest absolute Gasteiger partial charge is 0.149 e. The van der Waals surface area contributed by atoms with Crippen molar-refractivity contribution in [3.63, 3.8) is 0 Å². The zero-order valence-corrected chi connectivity index (χ0v) is 8.81. The van der Waals surface area contributed by atoms with E-state index in [1.165, 1.54) is 11.1 Å². The second-order valence-corrected chi connectivity index (χ2v) is 3.93.